The zero-order chi connectivity index (χ0) is 24.6. The molecule has 3 aromatic carbocycles. The number of carbonyl (C=O) groups is 1. The van der Waals surface area contributed by atoms with Gasteiger partial charge in [0.05, 0.1) is 16.8 Å². The Morgan fingerprint density at radius 3 is 2.40 bits per heavy atom. The molecule has 1 fully saturated rings. The van der Waals surface area contributed by atoms with Gasteiger partial charge in [0.2, 0.25) is 11.1 Å². The van der Waals surface area contributed by atoms with E-state index in [-0.39, 0.29) is 29.4 Å². The van der Waals surface area contributed by atoms with Crippen LogP contribution in [0.2, 0.25) is 0 Å². The van der Waals surface area contributed by atoms with Crippen LogP contribution < -0.4 is 9.50 Å². The molecule has 1 aliphatic rings. The van der Waals surface area contributed by atoms with Crippen molar-refractivity contribution in [2.24, 2.45) is 0 Å². The normalized spacial score (nSPS) is 12.9. The Hall–Kier alpha value is -3.58. The van der Waals surface area contributed by atoms with Crippen LogP contribution in [0.15, 0.2) is 78.9 Å². The molecule has 0 radical (unpaired) electrons. The third-order valence-electron chi connectivity index (χ3n) is 5.23. The molecule has 1 saturated carbocycles. The first-order chi connectivity index (χ1) is 17.1. The summed E-state index contributed by atoms with van der Waals surface area (Å²) in [7, 11) is 0. The van der Waals surface area contributed by atoms with Crippen LogP contribution in [0.4, 0.5) is 4.39 Å². The number of fused-ring (bicyclic) bond motifs is 1. The summed E-state index contributed by atoms with van der Waals surface area (Å²) in [5.74, 6) is -0.384. The molecule has 4 aromatic rings. The predicted molar refractivity (Wildman–Crippen MR) is 138 cm³/mol. The van der Waals surface area contributed by atoms with Gasteiger partial charge in [-0.05, 0) is 23.8 Å². The lowest BCUT2D eigenvalue weighted by atomic mass is 10.0. The molecule has 1 heterocycles. The minimum atomic E-state index is -1.64. The summed E-state index contributed by atoms with van der Waals surface area (Å²) >= 11 is -1.64. The topological polar surface area (TPSA) is 68.3 Å². The standard InChI is InChI=1S/C25H21FN2O3S.C3H6/c1-2-32(30)31-24-22(25(29)27-16-17-9-8-12-19(26)15-17)20-13-6-7-14-21(20)28-23(24)18-10-4-3-5-11-18;1-2-3-1/h3-15H,2,16H2,1H3,(H,27,29);1-3H2. The summed E-state index contributed by atoms with van der Waals surface area (Å²) in [5, 5.41) is 3.41. The summed E-state index contributed by atoms with van der Waals surface area (Å²) in [6.45, 7) is 1.86. The van der Waals surface area contributed by atoms with Gasteiger partial charge in [0, 0.05) is 17.5 Å². The molecule has 5 nitrogen and oxygen atoms in total. The van der Waals surface area contributed by atoms with E-state index < -0.39 is 17.0 Å². The quantitative estimate of drug-likeness (QED) is 0.335. The molecule has 1 aromatic heterocycles. The zero-order valence-corrected chi connectivity index (χ0v) is 20.3. The number of para-hydroxylation sites is 1. The Bertz CT molecular complexity index is 1340. The molecule has 0 aliphatic heterocycles. The lowest BCUT2D eigenvalue weighted by molar-refractivity contribution is 0.0951. The van der Waals surface area contributed by atoms with Crippen LogP contribution in [0.5, 0.6) is 5.75 Å². The van der Waals surface area contributed by atoms with Crippen molar-refractivity contribution in [2.75, 3.05) is 5.75 Å². The molecule has 1 atom stereocenters. The number of halogens is 1. The van der Waals surface area contributed by atoms with E-state index in [2.05, 4.69) is 5.32 Å². The summed E-state index contributed by atoms with van der Waals surface area (Å²) in [6.07, 6.45) is 4.50. The highest BCUT2D eigenvalue weighted by Gasteiger charge is 2.24. The smallest absolute Gasteiger partial charge is 0.256 e. The van der Waals surface area contributed by atoms with E-state index in [1.807, 2.05) is 42.5 Å². The van der Waals surface area contributed by atoms with Gasteiger partial charge >= 0.3 is 0 Å². The predicted octanol–water partition coefficient (Wildman–Crippen LogP) is 6.20. The fourth-order valence-electron chi connectivity index (χ4n) is 3.36. The Kier molecular flexibility index (Phi) is 8.21. The van der Waals surface area contributed by atoms with Gasteiger partial charge in [-0.15, -0.1) is 0 Å². The highest BCUT2D eigenvalue weighted by molar-refractivity contribution is 7.80. The Balaban J connectivity index is 0.000000894. The maximum Gasteiger partial charge on any atom is 0.256 e. The number of aromatic nitrogens is 1. The molecule has 35 heavy (non-hydrogen) atoms. The van der Waals surface area contributed by atoms with Crippen molar-refractivity contribution < 1.29 is 17.6 Å². The van der Waals surface area contributed by atoms with Crippen molar-refractivity contribution in [3.63, 3.8) is 0 Å². The number of amides is 1. The molecule has 1 amide bonds. The molecule has 0 bridgehead atoms. The fourth-order valence-corrected chi connectivity index (χ4v) is 3.83. The lowest BCUT2D eigenvalue weighted by Gasteiger charge is -2.17. The van der Waals surface area contributed by atoms with Crippen LogP contribution in [0, 0.1) is 5.82 Å². The third-order valence-corrected chi connectivity index (χ3v) is 6.05. The minimum absolute atomic E-state index is 0.129. The van der Waals surface area contributed by atoms with E-state index in [1.54, 1.807) is 31.2 Å². The summed E-state index contributed by atoms with van der Waals surface area (Å²) in [4.78, 5) is 18.1. The molecular weight excluding hydrogens is 463 g/mol. The van der Waals surface area contributed by atoms with Gasteiger partial charge < -0.3 is 9.50 Å². The monoisotopic (exact) mass is 490 g/mol. The Morgan fingerprint density at radius 2 is 1.71 bits per heavy atom. The number of hydrogen-bond donors (Lipinski definition) is 1. The van der Waals surface area contributed by atoms with Gasteiger partial charge in [-0.3, -0.25) is 4.79 Å². The van der Waals surface area contributed by atoms with Crippen LogP contribution in [-0.4, -0.2) is 20.9 Å². The first-order valence-electron chi connectivity index (χ1n) is 11.6. The van der Waals surface area contributed by atoms with E-state index in [9.17, 15) is 13.4 Å². The molecule has 1 aliphatic carbocycles. The number of carbonyl (C=O) groups excluding carboxylic acids is 1. The van der Waals surface area contributed by atoms with Crippen LogP contribution in [0.1, 0.15) is 42.1 Å². The first-order valence-corrected chi connectivity index (χ1v) is 12.9. The number of benzene rings is 3. The molecule has 0 saturated heterocycles. The van der Waals surface area contributed by atoms with E-state index in [0.717, 1.165) is 5.56 Å². The first kappa shape index (κ1) is 24.5. The van der Waals surface area contributed by atoms with Gasteiger partial charge in [0.25, 0.3) is 5.91 Å². The van der Waals surface area contributed by atoms with Crippen LogP contribution in [-0.2, 0) is 17.6 Å². The zero-order valence-electron chi connectivity index (χ0n) is 19.5. The Labute approximate surface area is 207 Å². The number of rotatable bonds is 7. The SMILES string of the molecule is C1CC1.CCS(=O)Oc1c(-c2ccccc2)nc2ccccc2c1C(=O)NCc1cccc(F)c1. The van der Waals surface area contributed by atoms with Gasteiger partial charge in [0.1, 0.15) is 11.5 Å². The Morgan fingerprint density at radius 1 is 1.00 bits per heavy atom. The van der Waals surface area contributed by atoms with Crippen molar-refractivity contribution in [3.8, 4) is 17.0 Å². The number of nitrogens with zero attached hydrogens (tertiary/aromatic N) is 1. The molecule has 5 rings (SSSR count). The second kappa shape index (κ2) is 11.7. The number of hydrogen-bond acceptors (Lipinski definition) is 4. The minimum Gasteiger partial charge on any atom is -0.397 e. The number of pyridine rings is 1. The second-order valence-corrected chi connectivity index (χ2v) is 9.45. The largest absolute Gasteiger partial charge is 0.397 e. The molecule has 180 valence electrons. The molecule has 0 spiro atoms. The van der Waals surface area contributed by atoms with E-state index >= 15 is 0 Å². The van der Waals surface area contributed by atoms with Gasteiger partial charge in [-0.1, -0.05) is 86.8 Å². The average molecular weight is 491 g/mol. The maximum atomic E-state index is 13.5. The van der Waals surface area contributed by atoms with Crippen molar-refractivity contribution in [1.29, 1.82) is 0 Å². The fraction of sp³-hybridized carbons (Fsp3) is 0.214. The summed E-state index contributed by atoms with van der Waals surface area (Å²) in [6, 6.07) is 22.6. The highest BCUT2D eigenvalue weighted by atomic mass is 32.2. The summed E-state index contributed by atoms with van der Waals surface area (Å²) < 4.78 is 31.7. The van der Waals surface area contributed by atoms with Crippen LogP contribution in [0.3, 0.4) is 0 Å². The van der Waals surface area contributed by atoms with Crippen molar-refractivity contribution in [2.45, 2.75) is 32.7 Å². The van der Waals surface area contributed by atoms with Gasteiger partial charge in [0.15, 0.2) is 5.75 Å². The van der Waals surface area contributed by atoms with Crippen LogP contribution in [0.25, 0.3) is 22.2 Å². The second-order valence-electron chi connectivity index (χ2n) is 8.10. The summed E-state index contributed by atoms with van der Waals surface area (Å²) in [5.41, 5.74) is 2.65. The average Bonchev–Trinajstić information content (AvgIpc) is 3.77. The maximum absolute atomic E-state index is 13.5. The highest BCUT2D eigenvalue weighted by Crippen LogP contribution is 2.37. The van der Waals surface area contributed by atoms with Gasteiger partial charge in [-0.25, -0.2) is 13.6 Å². The third kappa shape index (κ3) is 6.51. The van der Waals surface area contributed by atoms with E-state index in [0.29, 0.717) is 22.2 Å². The lowest BCUT2D eigenvalue weighted by Crippen LogP contribution is -2.24. The van der Waals surface area contributed by atoms with Crippen molar-refractivity contribution >= 4 is 27.9 Å². The molecular formula is C28H27FN2O3S. The molecule has 7 heteroatoms. The van der Waals surface area contributed by atoms with Gasteiger partial charge in [-0.2, -0.15) is 0 Å². The van der Waals surface area contributed by atoms with E-state index in [1.165, 1.54) is 31.4 Å². The molecule has 1 unspecified atom stereocenters. The molecule has 1 N–H and O–H groups in total. The van der Waals surface area contributed by atoms with E-state index in [4.69, 9.17) is 9.17 Å². The van der Waals surface area contributed by atoms with Crippen molar-refractivity contribution in [3.05, 3.63) is 95.8 Å². The van der Waals surface area contributed by atoms with Crippen LogP contribution >= 0.6 is 0 Å². The van der Waals surface area contributed by atoms with Crippen molar-refractivity contribution in [1.82, 2.24) is 10.3 Å². The number of nitrogens with one attached hydrogen (secondary N) is 1.